The first-order chi connectivity index (χ1) is 12.0. The second kappa shape index (κ2) is 8.29. The average Bonchev–Trinajstić information content (AvgIpc) is 2.60. The van der Waals surface area contributed by atoms with Gasteiger partial charge in [-0.05, 0) is 41.5 Å². The number of hydrogen-bond donors (Lipinski definition) is 2. The number of amides is 2. The summed E-state index contributed by atoms with van der Waals surface area (Å²) < 4.78 is 10.9. The number of carbonyl (C=O) groups excluding carboxylic acids is 1. The van der Waals surface area contributed by atoms with Crippen LogP contribution in [0.5, 0.6) is 11.5 Å². The van der Waals surface area contributed by atoms with E-state index in [-0.39, 0.29) is 12.3 Å². The van der Waals surface area contributed by atoms with Gasteiger partial charge >= 0.3 is 6.03 Å². The standard InChI is InChI=1S/C16H16N4O5/c1-24-15-8-12(9-18-19-16(17)21)4-7-14(15)25-10-11-2-5-13(6-3-11)20(22)23/h2-9H,10H2,1H3,(H3,17,19,21)/b18-9+. The molecule has 9 heteroatoms. The van der Waals surface area contributed by atoms with Gasteiger partial charge in [-0.25, -0.2) is 10.2 Å². The molecule has 0 bridgehead atoms. The number of rotatable bonds is 7. The van der Waals surface area contributed by atoms with Crippen LogP contribution >= 0.6 is 0 Å². The molecule has 0 aromatic heterocycles. The molecule has 0 fully saturated rings. The lowest BCUT2D eigenvalue weighted by Crippen LogP contribution is -2.24. The number of hydrogen-bond acceptors (Lipinski definition) is 6. The highest BCUT2D eigenvalue weighted by Gasteiger charge is 2.07. The van der Waals surface area contributed by atoms with Crippen LogP contribution in [-0.4, -0.2) is 24.3 Å². The number of primary amides is 1. The average molecular weight is 344 g/mol. The predicted octanol–water partition coefficient (Wildman–Crippen LogP) is 2.18. The SMILES string of the molecule is COc1cc(/C=N/NC(N)=O)ccc1OCc1ccc([N+](=O)[O-])cc1. The Hall–Kier alpha value is -3.62. The number of carbonyl (C=O) groups is 1. The van der Waals surface area contributed by atoms with Crippen LogP contribution < -0.4 is 20.6 Å². The summed E-state index contributed by atoms with van der Waals surface area (Å²) in [5.41, 5.74) is 8.48. The van der Waals surface area contributed by atoms with Gasteiger partial charge in [0.25, 0.3) is 5.69 Å². The number of ether oxygens (including phenoxy) is 2. The Bertz CT molecular complexity index is 790. The Morgan fingerprint density at radius 2 is 2.00 bits per heavy atom. The monoisotopic (exact) mass is 344 g/mol. The molecular formula is C16H16N4O5. The summed E-state index contributed by atoms with van der Waals surface area (Å²) in [5, 5.41) is 14.3. The molecule has 0 saturated heterocycles. The molecule has 2 amide bonds. The van der Waals surface area contributed by atoms with E-state index < -0.39 is 11.0 Å². The van der Waals surface area contributed by atoms with Crippen LogP contribution in [0.2, 0.25) is 0 Å². The number of nitrogens with zero attached hydrogens (tertiary/aromatic N) is 2. The first-order valence-corrected chi connectivity index (χ1v) is 7.12. The van der Waals surface area contributed by atoms with Gasteiger partial charge in [-0.2, -0.15) is 5.10 Å². The molecule has 0 radical (unpaired) electrons. The molecule has 2 rings (SSSR count). The summed E-state index contributed by atoms with van der Waals surface area (Å²) in [4.78, 5) is 20.7. The Labute approximate surface area is 143 Å². The van der Waals surface area contributed by atoms with Gasteiger partial charge in [-0.1, -0.05) is 0 Å². The number of methoxy groups -OCH3 is 1. The van der Waals surface area contributed by atoms with Crippen molar-refractivity contribution in [3.63, 3.8) is 0 Å². The molecule has 0 aliphatic carbocycles. The molecule has 0 atom stereocenters. The highest BCUT2D eigenvalue weighted by Crippen LogP contribution is 2.28. The van der Waals surface area contributed by atoms with Crippen molar-refractivity contribution in [1.82, 2.24) is 5.43 Å². The third-order valence-electron chi connectivity index (χ3n) is 3.12. The Morgan fingerprint density at radius 1 is 1.28 bits per heavy atom. The molecule has 130 valence electrons. The Balaban J connectivity index is 2.04. The van der Waals surface area contributed by atoms with Crippen LogP contribution in [0.25, 0.3) is 0 Å². The predicted molar refractivity (Wildman–Crippen MR) is 90.7 cm³/mol. The molecule has 9 nitrogen and oxygen atoms in total. The maximum absolute atomic E-state index is 10.6. The van der Waals surface area contributed by atoms with Gasteiger partial charge in [0.05, 0.1) is 18.2 Å². The first kappa shape index (κ1) is 17.7. The zero-order valence-electron chi connectivity index (χ0n) is 13.3. The van der Waals surface area contributed by atoms with Crippen molar-refractivity contribution >= 4 is 17.9 Å². The van der Waals surface area contributed by atoms with Crippen LogP contribution in [0, 0.1) is 10.1 Å². The van der Waals surface area contributed by atoms with E-state index in [2.05, 4.69) is 10.5 Å². The highest BCUT2D eigenvalue weighted by molar-refractivity contribution is 5.82. The molecule has 0 spiro atoms. The molecular weight excluding hydrogens is 328 g/mol. The molecule has 0 saturated carbocycles. The third kappa shape index (κ3) is 5.20. The number of urea groups is 1. The van der Waals surface area contributed by atoms with E-state index >= 15 is 0 Å². The zero-order valence-corrected chi connectivity index (χ0v) is 13.3. The fraction of sp³-hybridized carbons (Fsp3) is 0.125. The van der Waals surface area contributed by atoms with E-state index in [0.717, 1.165) is 5.56 Å². The first-order valence-electron chi connectivity index (χ1n) is 7.12. The van der Waals surface area contributed by atoms with Gasteiger partial charge in [0, 0.05) is 12.1 Å². The van der Waals surface area contributed by atoms with Crippen LogP contribution in [0.1, 0.15) is 11.1 Å². The van der Waals surface area contributed by atoms with Gasteiger partial charge in [0.15, 0.2) is 11.5 Å². The number of nitro benzene ring substituents is 1. The van der Waals surface area contributed by atoms with Crippen molar-refractivity contribution in [1.29, 1.82) is 0 Å². The van der Waals surface area contributed by atoms with E-state index in [1.165, 1.54) is 25.5 Å². The molecule has 2 aromatic rings. The molecule has 0 heterocycles. The van der Waals surface area contributed by atoms with Crippen LogP contribution in [0.3, 0.4) is 0 Å². The maximum atomic E-state index is 10.6. The number of nitrogens with two attached hydrogens (primary N) is 1. The number of nitrogens with one attached hydrogen (secondary N) is 1. The Morgan fingerprint density at radius 3 is 2.60 bits per heavy atom. The summed E-state index contributed by atoms with van der Waals surface area (Å²) in [5.74, 6) is 0.978. The largest absolute Gasteiger partial charge is 0.493 e. The Kier molecular flexibility index (Phi) is 5.88. The topological polar surface area (TPSA) is 129 Å². The van der Waals surface area contributed by atoms with Crippen molar-refractivity contribution in [3.05, 3.63) is 63.7 Å². The fourth-order valence-corrected chi connectivity index (χ4v) is 1.93. The molecule has 2 aromatic carbocycles. The van der Waals surface area contributed by atoms with Gasteiger partial charge in [0.1, 0.15) is 6.61 Å². The van der Waals surface area contributed by atoms with Gasteiger partial charge in [0.2, 0.25) is 0 Å². The summed E-state index contributed by atoms with van der Waals surface area (Å²) >= 11 is 0. The lowest BCUT2D eigenvalue weighted by Gasteiger charge is -2.11. The fourth-order valence-electron chi connectivity index (χ4n) is 1.93. The van der Waals surface area contributed by atoms with E-state index in [1.54, 1.807) is 30.3 Å². The lowest BCUT2D eigenvalue weighted by molar-refractivity contribution is -0.384. The minimum atomic E-state index is -0.758. The summed E-state index contributed by atoms with van der Waals surface area (Å²) in [6.07, 6.45) is 1.41. The molecule has 0 unspecified atom stereocenters. The third-order valence-corrected chi connectivity index (χ3v) is 3.12. The quantitative estimate of drug-likeness (QED) is 0.452. The lowest BCUT2D eigenvalue weighted by atomic mass is 10.2. The maximum Gasteiger partial charge on any atom is 0.332 e. The minimum absolute atomic E-state index is 0.0227. The minimum Gasteiger partial charge on any atom is -0.493 e. The molecule has 25 heavy (non-hydrogen) atoms. The second-order valence-corrected chi connectivity index (χ2v) is 4.86. The zero-order chi connectivity index (χ0) is 18.2. The van der Waals surface area contributed by atoms with Crippen LogP contribution in [0.4, 0.5) is 10.5 Å². The van der Waals surface area contributed by atoms with Crippen molar-refractivity contribution in [2.45, 2.75) is 6.61 Å². The van der Waals surface area contributed by atoms with Crippen molar-refractivity contribution in [3.8, 4) is 11.5 Å². The summed E-state index contributed by atoms with van der Waals surface area (Å²) in [6.45, 7) is 0.227. The van der Waals surface area contributed by atoms with Gasteiger partial charge < -0.3 is 15.2 Å². The summed E-state index contributed by atoms with van der Waals surface area (Å²) in [6, 6.07) is 10.4. The van der Waals surface area contributed by atoms with Crippen LogP contribution in [-0.2, 0) is 6.61 Å². The number of non-ortho nitro benzene ring substituents is 1. The number of hydrazone groups is 1. The van der Waals surface area contributed by atoms with Gasteiger partial charge in [-0.15, -0.1) is 0 Å². The molecule has 3 N–H and O–H groups in total. The van der Waals surface area contributed by atoms with Crippen molar-refractivity contribution in [2.24, 2.45) is 10.8 Å². The molecule has 0 aliphatic rings. The highest BCUT2D eigenvalue weighted by atomic mass is 16.6. The molecule has 0 aliphatic heterocycles. The van der Waals surface area contributed by atoms with Crippen molar-refractivity contribution < 1.29 is 19.2 Å². The number of benzene rings is 2. The van der Waals surface area contributed by atoms with E-state index in [1.807, 2.05) is 0 Å². The summed E-state index contributed by atoms with van der Waals surface area (Å²) in [7, 11) is 1.50. The second-order valence-electron chi connectivity index (χ2n) is 4.86. The van der Waals surface area contributed by atoms with E-state index in [4.69, 9.17) is 15.2 Å². The van der Waals surface area contributed by atoms with E-state index in [9.17, 15) is 14.9 Å². The van der Waals surface area contributed by atoms with Crippen molar-refractivity contribution in [2.75, 3.05) is 7.11 Å². The smallest absolute Gasteiger partial charge is 0.332 e. The van der Waals surface area contributed by atoms with E-state index in [0.29, 0.717) is 17.1 Å². The number of nitro groups is 1. The van der Waals surface area contributed by atoms with Gasteiger partial charge in [-0.3, -0.25) is 10.1 Å². The normalized spacial score (nSPS) is 10.4. The van der Waals surface area contributed by atoms with Crippen LogP contribution in [0.15, 0.2) is 47.6 Å².